The van der Waals surface area contributed by atoms with Gasteiger partial charge in [-0.1, -0.05) is 31.2 Å². The van der Waals surface area contributed by atoms with E-state index in [0.717, 1.165) is 17.7 Å². The molecule has 0 aliphatic carbocycles. The molecule has 2 unspecified atom stereocenters. The van der Waals surface area contributed by atoms with Gasteiger partial charge in [0.2, 0.25) is 0 Å². The second-order valence-corrected chi connectivity index (χ2v) is 16.9. The van der Waals surface area contributed by atoms with Gasteiger partial charge in [-0.15, -0.1) is 5.10 Å². The van der Waals surface area contributed by atoms with Crippen molar-refractivity contribution in [3.63, 3.8) is 0 Å². The van der Waals surface area contributed by atoms with E-state index in [9.17, 15) is 19.5 Å². The predicted octanol–water partition coefficient (Wildman–Crippen LogP) is 3.79. The fourth-order valence-corrected chi connectivity index (χ4v) is 8.86. The third kappa shape index (κ3) is 10.5. The molecule has 318 valence electrons. The van der Waals surface area contributed by atoms with Crippen LogP contribution in [0, 0.1) is 5.92 Å². The van der Waals surface area contributed by atoms with Crippen LogP contribution >= 0.6 is 0 Å². The van der Waals surface area contributed by atoms with Crippen molar-refractivity contribution < 1.29 is 43.2 Å². The molecule has 16 nitrogen and oxygen atoms in total. The van der Waals surface area contributed by atoms with Gasteiger partial charge in [-0.3, -0.25) is 19.2 Å². The number of carbonyl (C=O) groups is 3. The van der Waals surface area contributed by atoms with Crippen LogP contribution in [-0.2, 0) is 39.8 Å². The van der Waals surface area contributed by atoms with Crippen LogP contribution in [0.2, 0.25) is 0 Å². The monoisotopic (exact) mass is 799 g/mol. The number of hydrogen-bond donors (Lipinski definition) is 3. The molecule has 3 fully saturated rings. The number of ketones is 1. The highest BCUT2D eigenvalue weighted by Crippen LogP contribution is 2.39. The number of amides is 1. The number of rotatable bonds is 11. The van der Waals surface area contributed by atoms with Crippen molar-refractivity contribution in [3.05, 3.63) is 30.5 Å². The number of likely N-dealkylation sites (N-methyl/N-ethyl adjacent to an activating group) is 1. The number of carbonyl (C=O) groups excluding carboxylic acids is 3. The molecular weight excluding hydrogens is 734 g/mol. The van der Waals surface area contributed by atoms with Gasteiger partial charge in [0.25, 0.3) is 0 Å². The number of methoxy groups -OCH3 is 1. The maximum Gasteiger partial charge on any atom is 0.410 e. The molecule has 11 atom stereocenters. The number of esters is 1. The summed E-state index contributed by atoms with van der Waals surface area (Å²) >= 11 is 0. The first-order valence-electron chi connectivity index (χ1n) is 20.4. The van der Waals surface area contributed by atoms with Gasteiger partial charge >= 0.3 is 12.1 Å². The number of aliphatic hydroxyl groups excluding tert-OH is 1. The molecule has 3 saturated heterocycles. The number of nitrogens with one attached hydrogen (secondary N) is 1. The van der Waals surface area contributed by atoms with Gasteiger partial charge in [0.05, 0.1) is 30.0 Å². The number of nitrogens with zero attached hydrogens (tertiary/aromatic N) is 5. The van der Waals surface area contributed by atoms with E-state index in [2.05, 4.69) is 22.6 Å². The first-order valence-corrected chi connectivity index (χ1v) is 20.4. The number of anilines is 1. The number of nitrogens with two attached hydrogens (primary N) is 1. The molecule has 3 aliphatic heterocycles. The Bertz CT molecular complexity index is 1680. The number of benzene rings is 1. The van der Waals surface area contributed by atoms with Crippen molar-refractivity contribution in [3.8, 4) is 11.3 Å². The molecule has 1 aromatic heterocycles. The molecule has 4 heterocycles. The normalized spacial score (nSPS) is 34.7. The molecule has 1 aromatic carbocycles. The van der Waals surface area contributed by atoms with E-state index < -0.39 is 66.1 Å². The van der Waals surface area contributed by atoms with Crippen LogP contribution < -0.4 is 11.1 Å². The van der Waals surface area contributed by atoms with Crippen molar-refractivity contribution in [2.45, 2.75) is 153 Å². The van der Waals surface area contributed by atoms with Crippen molar-refractivity contribution in [1.82, 2.24) is 30.1 Å². The number of aromatic nitrogens is 3. The van der Waals surface area contributed by atoms with Gasteiger partial charge in [0.15, 0.2) is 11.9 Å². The molecule has 3 aliphatic rings. The summed E-state index contributed by atoms with van der Waals surface area (Å²) in [6.07, 6.45) is -0.305. The molecule has 0 radical (unpaired) electrons. The number of nitrogen functional groups attached to an aromatic ring is 1. The lowest BCUT2D eigenvalue weighted by Gasteiger charge is -2.45. The summed E-state index contributed by atoms with van der Waals surface area (Å²) in [5.74, 6) is -1.12. The van der Waals surface area contributed by atoms with E-state index in [1.807, 2.05) is 84.1 Å². The zero-order valence-corrected chi connectivity index (χ0v) is 35.2. The van der Waals surface area contributed by atoms with Crippen LogP contribution in [-0.4, -0.2) is 142 Å². The molecule has 1 amide bonds. The van der Waals surface area contributed by atoms with Crippen LogP contribution in [0.3, 0.4) is 0 Å². The summed E-state index contributed by atoms with van der Waals surface area (Å²) in [5, 5.41) is 23.6. The fraction of sp³-hybridized carbons (Fsp3) is 0.732. The number of ether oxygens (including phenoxy) is 5. The Kier molecular flexibility index (Phi) is 14.8. The largest absolute Gasteiger partial charge is 0.458 e. The molecule has 0 bridgehead atoms. The average molecular weight is 800 g/mol. The Balaban J connectivity index is 1.33. The molecule has 0 saturated carbocycles. The highest BCUT2D eigenvalue weighted by molar-refractivity contribution is 5.96. The fourth-order valence-electron chi connectivity index (χ4n) is 8.86. The minimum Gasteiger partial charge on any atom is -0.458 e. The van der Waals surface area contributed by atoms with Crippen LogP contribution in [0.15, 0.2) is 30.5 Å². The summed E-state index contributed by atoms with van der Waals surface area (Å²) < 4.78 is 32.7. The smallest absolute Gasteiger partial charge is 0.410 e. The van der Waals surface area contributed by atoms with Crippen LogP contribution in [0.4, 0.5) is 10.5 Å². The second-order valence-electron chi connectivity index (χ2n) is 16.9. The first-order chi connectivity index (χ1) is 27.0. The Morgan fingerprint density at radius 2 is 1.86 bits per heavy atom. The summed E-state index contributed by atoms with van der Waals surface area (Å²) in [7, 11) is 5.37. The first kappa shape index (κ1) is 44.4. The highest BCUT2D eigenvalue weighted by Gasteiger charge is 2.58. The maximum atomic E-state index is 13.7. The summed E-state index contributed by atoms with van der Waals surface area (Å²) in [6.45, 7) is 13.1. The molecule has 16 heteroatoms. The average Bonchev–Trinajstić information content (AvgIpc) is 3.73. The quantitative estimate of drug-likeness (QED) is 0.129. The van der Waals surface area contributed by atoms with Gasteiger partial charge in [-0.2, -0.15) is 0 Å². The van der Waals surface area contributed by atoms with Gasteiger partial charge in [-0.25, -0.2) is 4.79 Å². The van der Waals surface area contributed by atoms with Crippen LogP contribution in [0.5, 0.6) is 0 Å². The van der Waals surface area contributed by atoms with Crippen molar-refractivity contribution in [2.75, 3.05) is 40.0 Å². The lowest BCUT2D eigenvalue weighted by Crippen LogP contribution is -2.60. The van der Waals surface area contributed by atoms with Crippen molar-refractivity contribution in [1.29, 1.82) is 0 Å². The molecule has 5 rings (SSSR count). The number of hydrogen-bond acceptors (Lipinski definition) is 14. The number of unbranched alkanes of at least 4 members (excludes halogenated alkanes) is 1. The lowest BCUT2D eigenvalue weighted by molar-refractivity contribution is -0.289. The zero-order chi connectivity index (χ0) is 41.7. The van der Waals surface area contributed by atoms with Gasteiger partial charge < -0.3 is 44.7 Å². The molecule has 0 spiro atoms. The van der Waals surface area contributed by atoms with Crippen LogP contribution in [0.25, 0.3) is 11.3 Å². The molecule has 57 heavy (non-hydrogen) atoms. The topological polar surface area (TPSA) is 193 Å². The standard InChI is InChI=1S/C41H65N7O9/c1-10-33-41(6)37(48(39(52)57-41)17-12-11-16-47-24-31(44-45-47)28-14-13-15-29(42)19-28)27(4)43-23-25(2)22-40(5,53-9)34(20-30(49)21-35(50)55-33)56-38-36(51)32(46(7)8)18-26(3)54-38/h13-15,19,24-27,32-34,36-38,43,51H,10-12,16-18,20-23,42H2,1-9H3/t25-,26-,27-,32?,33-,34-,36?,37-,38+,40-,41-/m1/s1. The third-order valence-corrected chi connectivity index (χ3v) is 12.0. The number of cyclic esters (lactones) is 1. The van der Waals surface area contributed by atoms with Crippen molar-refractivity contribution in [2.24, 2.45) is 5.92 Å². The highest BCUT2D eigenvalue weighted by atomic mass is 16.7. The zero-order valence-electron chi connectivity index (χ0n) is 35.2. The van der Waals surface area contributed by atoms with E-state index in [1.165, 1.54) is 0 Å². The Labute approximate surface area is 337 Å². The molecule has 2 aromatic rings. The van der Waals surface area contributed by atoms with E-state index in [1.54, 1.807) is 16.7 Å². The number of Topliss-reactive ketones (excluding diaryl/α,β-unsaturated/α-hetero) is 1. The minimum atomic E-state index is -1.21. The van der Waals surface area contributed by atoms with Gasteiger partial charge in [0.1, 0.15) is 30.1 Å². The third-order valence-electron chi connectivity index (χ3n) is 12.0. The van der Waals surface area contributed by atoms with E-state index in [4.69, 9.17) is 29.4 Å². The lowest BCUT2D eigenvalue weighted by atomic mass is 9.83. The molecule has 4 N–H and O–H groups in total. The Hall–Kier alpha value is -3.67. The summed E-state index contributed by atoms with van der Waals surface area (Å²) in [4.78, 5) is 44.6. The Morgan fingerprint density at radius 3 is 2.54 bits per heavy atom. The summed E-state index contributed by atoms with van der Waals surface area (Å²) in [5.41, 5.74) is 6.01. The summed E-state index contributed by atoms with van der Waals surface area (Å²) in [6, 6.07) is 6.49. The van der Waals surface area contributed by atoms with Gasteiger partial charge in [0, 0.05) is 50.0 Å². The SMILES string of the molecule is CC[C@H]1OC(=O)CC(=O)C[C@@H](O[C@@H]2O[C@H](C)CC(N(C)C)C2O)[C@](C)(OC)C[C@@H](C)CN[C@H](C)[C@H]2N(CCCCn3cc(-c4cccc(N)c4)nn3)C(=O)O[C@]12C. The van der Waals surface area contributed by atoms with Gasteiger partial charge in [-0.05, 0) is 98.5 Å². The van der Waals surface area contributed by atoms with E-state index >= 15 is 0 Å². The number of aryl methyl sites for hydroxylation is 1. The van der Waals surface area contributed by atoms with Crippen molar-refractivity contribution >= 4 is 23.5 Å². The van der Waals surface area contributed by atoms with E-state index in [-0.39, 0.29) is 30.5 Å². The Morgan fingerprint density at radius 1 is 1.12 bits per heavy atom. The molecular formula is C41H65N7O9. The minimum absolute atomic E-state index is 0.00635. The number of fused-ring (bicyclic) bond motifs is 1. The second kappa shape index (κ2) is 18.9. The maximum absolute atomic E-state index is 13.7. The number of aliphatic hydroxyl groups is 1. The van der Waals surface area contributed by atoms with E-state index in [0.29, 0.717) is 51.0 Å². The van der Waals surface area contributed by atoms with Crippen LogP contribution in [0.1, 0.15) is 86.5 Å². The predicted molar refractivity (Wildman–Crippen MR) is 213 cm³/mol.